The maximum atomic E-state index is 12.6. The fraction of sp³-hybridized carbons (Fsp3) is 0.192. The molecule has 1 heterocycles. The summed E-state index contributed by atoms with van der Waals surface area (Å²) >= 11 is 7.43. The highest BCUT2D eigenvalue weighted by Gasteiger charge is 2.17. The first-order valence-electron chi connectivity index (χ1n) is 10.8. The highest BCUT2D eigenvalue weighted by Crippen LogP contribution is 2.29. The van der Waals surface area contributed by atoms with E-state index in [-0.39, 0.29) is 11.7 Å². The van der Waals surface area contributed by atoms with Crippen molar-refractivity contribution in [1.82, 2.24) is 14.8 Å². The summed E-state index contributed by atoms with van der Waals surface area (Å²) in [4.78, 5) is 12.6. The Morgan fingerprint density at radius 1 is 1.00 bits per heavy atom. The molecule has 1 unspecified atom stereocenters. The van der Waals surface area contributed by atoms with Crippen LogP contribution in [0.25, 0.3) is 17.1 Å². The van der Waals surface area contributed by atoms with Crippen LogP contribution in [-0.2, 0) is 4.79 Å². The molecule has 4 aromatic rings. The standard InChI is InChI=1S/C26H25ClN4OS/c1-3-18(2)19-9-13-22(14-10-19)28-24(32)17-33-26-30-29-25(20-7-5-4-6-8-20)31(26)23-15-11-21(27)12-16-23/h4-16,18H,3,17H2,1-2H3,(H,28,32). The Morgan fingerprint density at radius 3 is 2.36 bits per heavy atom. The summed E-state index contributed by atoms with van der Waals surface area (Å²) in [5, 5.41) is 13.0. The van der Waals surface area contributed by atoms with Crippen LogP contribution in [0.5, 0.6) is 0 Å². The summed E-state index contributed by atoms with van der Waals surface area (Å²) < 4.78 is 1.95. The minimum atomic E-state index is -0.0943. The third kappa shape index (κ3) is 5.64. The van der Waals surface area contributed by atoms with Gasteiger partial charge in [-0.2, -0.15) is 0 Å². The van der Waals surface area contributed by atoms with Gasteiger partial charge in [0.1, 0.15) is 0 Å². The van der Waals surface area contributed by atoms with E-state index in [2.05, 4.69) is 41.5 Å². The normalized spacial score (nSPS) is 11.8. The van der Waals surface area contributed by atoms with Gasteiger partial charge in [-0.25, -0.2) is 0 Å². The number of nitrogens with one attached hydrogen (secondary N) is 1. The van der Waals surface area contributed by atoms with Crippen molar-refractivity contribution in [2.45, 2.75) is 31.3 Å². The van der Waals surface area contributed by atoms with Crippen molar-refractivity contribution in [2.24, 2.45) is 0 Å². The quantitative estimate of drug-likeness (QED) is 0.283. The van der Waals surface area contributed by atoms with E-state index in [0.29, 0.717) is 21.9 Å². The third-order valence-electron chi connectivity index (χ3n) is 5.46. The van der Waals surface area contributed by atoms with Gasteiger partial charge in [-0.15, -0.1) is 10.2 Å². The smallest absolute Gasteiger partial charge is 0.234 e. The average Bonchev–Trinajstić information content (AvgIpc) is 3.28. The topological polar surface area (TPSA) is 59.8 Å². The average molecular weight is 477 g/mol. The van der Waals surface area contributed by atoms with Crippen LogP contribution >= 0.6 is 23.4 Å². The van der Waals surface area contributed by atoms with Gasteiger partial charge >= 0.3 is 0 Å². The van der Waals surface area contributed by atoms with Crippen molar-refractivity contribution in [3.8, 4) is 17.1 Å². The van der Waals surface area contributed by atoms with Crippen molar-refractivity contribution in [1.29, 1.82) is 0 Å². The monoisotopic (exact) mass is 476 g/mol. The van der Waals surface area contributed by atoms with E-state index in [1.165, 1.54) is 17.3 Å². The number of hydrogen-bond donors (Lipinski definition) is 1. The summed E-state index contributed by atoms with van der Waals surface area (Å²) in [6.07, 6.45) is 1.08. The molecule has 0 fully saturated rings. The zero-order valence-corrected chi connectivity index (χ0v) is 20.1. The number of halogens is 1. The molecular formula is C26H25ClN4OS. The predicted molar refractivity (Wildman–Crippen MR) is 136 cm³/mol. The van der Waals surface area contributed by atoms with Crippen LogP contribution < -0.4 is 5.32 Å². The molecule has 3 aromatic carbocycles. The first kappa shape index (κ1) is 23.1. The second-order valence-corrected chi connectivity index (χ2v) is 9.13. The van der Waals surface area contributed by atoms with Gasteiger partial charge in [-0.05, 0) is 54.3 Å². The van der Waals surface area contributed by atoms with Crippen molar-refractivity contribution in [3.63, 3.8) is 0 Å². The minimum absolute atomic E-state index is 0.0943. The van der Waals surface area contributed by atoms with E-state index >= 15 is 0 Å². The maximum Gasteiger partial charge on any atom is 0.234 e. The molecule has 1 aromatic heterocycles. The fourth-order valence-corrected chi connectivity index (χ4v) is 4.30. The van der Waals surface area contributed by atoms with Crippen LogP contribution in [0.2, 0.25) is 5.02 Å². The molecule has 0 aliphatic rings. The van der Waals surface area contributed by atoms with E-state index < -0.39 is 0 Å². The van der Waals surface area contributed by atoms with Gasteiger partial charge in [-0.3, -0.25) is 9.36 Å². The van der Waals surface area contributed by atoms with Crippen LogP contribution in [-0.4, -0.2) is 26.4 Å². The summed E-state index contributed by atoms with van der Waals surface area (Å²) in [5.74, 6) is 1.33. The van der Waals surface area contributed by atoms with Gasteiger partial charge in [0.2, 0.25) is 5.91 Å². The second kappa shape index (κ2) is 10.7. The van der Waals surface area contributed by atoms with Crippen molar-refractivity contribution in [3.05, 3.63) is 89.4 Å². The summed E-state index contributed by atoms with van der Waals surface area (Å²) in [6, 6.07) is 25.4. The SMILES string of the molecule is CCC(C)c1ccc(NC(=O)CSc2nnc(-c3ccccc3)n2-c2ccc(Cl)cc2)cc1. The van der Waals surface area contributed by atoms with Gasteiger partial charge in [-0.1, -0.05) is 79.7 Å². The van der Waals surface area contributed by atoms with E-state index in [1.54, 1.807) is 0 Å². The Hall–Kier alpha value is -3.09. The number of anilines is 1. The molecule has 5 nitrogen and oxygen atoms in total. The van der Waals surface area contributed by atoms with Gasteiger partial charge in [0.25, 0.3) is 0 Å². The zero-order valence-electron chi connectivity index (χ0n) is 18.5. The summed E-state index contributed by atoms with van der Waals surface area (Å²) in [5.41, 5.74) is 3.88. The lowest BCUT2D eigenvalue weighted by atomic mass is 9.99. The van der Waals surface area contributed by atoms with E-state index in [1.807, 2.05) is 71.3 Å². The molecule has 0 bridgehead atoms. The number of hydrogen-bond acceptors (Lipinski definition) is 4. The number of rotatable bonds is 8. The first-order valence-corrected chi connectivity index (χ1v) is 12.2. The van der Waals surface area contributed by atoms with Gasteiger partial charge < -0.3 is 5.32 Å². The zero-order chi connectivity index (χ0) is 23.2. The lowest BCUT2D eigenvalue weighted by Gasteiger charge is -2.11. The van der Waals surface area contributed by atoms with Crippen LogP contribution in [0.15, 0.2) is 84.0 Å². The van der Waals surface area contributed by atoms with Crippen molar-refractivity contribution in [2.75, 3.05) is 11.1 Å². The van der Waals surface area contributed by atoms with Crippen molar-refractivity contribution < 1.29 is 4.79 Å². The summed E-state index contributed by atoms with van der Waals surface area (Å²) in [6.45, 7) is 4.37. The summed E-state index contributed by atoms with van der Waals surface area (Å²) in [7, 11) is 0. The van der Waals surface area contributed by atoms with Crippen LogP contribution in [0.3, 0.4) is 0 Å². The molecular weight excluding hydrogens is 452 g/mol. The molecule has 0 saturated heterocycles. The molecule has 168 valence electrons. The molecule has 7 heteroatoms. The number of nitrogens with zero attached hydrogens (tertiary/aromatic N) is 3. The van der Waals surface area contributed by atoms with Crippen molar-refractivity contribution >= 4 is 35.0 Å². The van der Waals surface area contributed by atoms with Crippen LogP contribution in [0, 0.1) is 0 Å². The molecule has 33 heavy (non-hydrogen) atoms. The molecule has 0 aliphatic carbocycles. The maximum absolute atomic E-state index is 12.6. The Kier molecular flexibility index (Phi) is 7.47. The number of aromatic nitrogens is 3. The number of amides is 1. The van der Waals surface area contributed by atoms with E-state index in [0.717, 1.165) is 23.4 Å². The first-order chi connectivity index (χ1) is 16.0. The molecule has 0 radical (unpaired) electrons. The molecule has 1 amide bonds. The predicted octanol–water partition coefficient (Wildman–Crippen LogP) is 6.83. The Morgan fingerprint density at radius 2 is 1.70 bits per heavy atom. The number of benzene rings is 3. The molecule has 1 N–H and O–H groups in total. The largest absolute Gasteiger partial charge is 0.325 e. The Labute approximate surface area is 203 Å². The molecule has 1 atom stereocenters. The molecule has 0 aliphatic heterocycles. The van der Waals surface area contributed by atoms with Crippen LogP contribution in [0.4, 0.5) is 5.69 Å². The lowest BCUT2D eigenvalue weighted by molar-refractivity contribution is -0.113. The Bertz CT molecular complexity index is 1210. The van der Waals surface area contributed by atoms with Gasteiger partial charge in [0.15, 0.2) is 11.0 Å². The Balaban J connectivity index is 1.51. The highest BCUT2D eigenvalue weighted by molar-refractivity contribution is 7.99. The fourth-order valence-electron chi connectivity index (χ4n) is 3.42. The number of thioether (sulfide) groups is 1. The van der Waals surface area contributed by atoms with Gasteiger partial charge in [0.05, 0.1) is 5.75 Å². The second-order valence-electron chi connectivity index (χ2n) is 7.75. The number of carbonyl (C=O) groups excluding carboxylic acids is 1. The molecule has 0 spiro atoms. The molecule has 0 saturated carbocycles. The minimum Gasteiger partial charge on any atom is -0.325 e. The number of carbonyl (C=O) groups is 1. The van der Waals surface area contributed by atoms with E-state index in [9.17, 15) is 4.79 Å². The highest BCUT2D eigenvalue weighted by atomic mass is 35.5. The van der Waals surface area contributed by atoms with E-state index in [4.69, 9.17) is 11.6 Å². The van der Waals surface area contributed by atoms with Gasteiger partial charge in [0, 0.05) is 22.0 Å². The molecule has 4 rings (SSSR count). The van der Waals surface area contributed by atoms with Crippen LogP contribution in [0.1, 0.15) is 31.7 Å². The third-order valence-corrected chi connectivity index (χ3v) is 6.64. The lowest BCUT2D eigenvalue weighted by Crippen LogP contribution is -2.14.